The SMILES string of the molecule is Cc1noc2[nH]c(=O)c3c(c12)CCN(C(=O)OCc1ccccc1)C3. The number of carbonyl (C=O) groups is 1. The van der Waals surface area contributed by atoms with Crippen LogP contribution in [0.3, 0.4) is 0 Å². The van der Waals surface area contributed by atoms with Gasteiger partial charge in [0.25, 0.3) is 5.56 Å². The summed E-state index contributed by atoms with van der Waals surface area (Å²) in [5.41, 5.74) is 3.28. The third-order valence-electron chi connectivity index (χ3n) is 4.47. The number of benzene rings is 1. The molecule has 1 aliphatic rings. The zero-order valence-corrected chi connectivity index (χ0v) is 13.7. The lowest BCUT2D eigenvalue weighted by atomic mass is 9.98. The number of nitrogens with zero attached hydrogens (tertiary/aromatic N) is 2. The second-order valence-corrected chi connectivity index (χ2v) is 6.10. The Morgan fingerprint density at radius 2 is 2.12 bits per heavy atom. The highest BCUT2D eigenvalue weighted by Gasteiger charge is 2.27. The molecular weight excluding hydrogens is 322 g/mol. The molecule has 0 spiro atoms. The van der Waals surface area contributed by atoms with Crippen LogP contribution in [0.4, 0.5) is 4.79 Å². The first-order chi connectivity index (χ1) is 12.1. The maximum Gasteiger partial charge on any atom is 0.410 e. The molecule has 1 aliphatic heterocycles. The number of hydrogen-bond donors (Lipinski definition) is 1. The van der Waals surface area contributed by atoms with E-state index in [0.29, 0.717) is 24.2 Å². The molecule has 25 heavy (non-hydrogen) atoms. The van der Waals surface area contributed by atoms with Crippen LogP contribution in [0.1, 0.15) is 22.4 Å². The van der Waals surface area contributed by atoms with Gasteiger partial charge in [-0.3, -0.25) is 9.78 Å². The number of fused-ring (bicyclic) bond motifs is 3. The topological polar surface area (TPSA) is 88.4 Å². The van der Waals surface area contributed by atoms with Crippen molar-refractivity contribution in [1.29, 1.82) is 0 Å². The molecule has 0 saturated heterocycles. The fourth-order valence-electron chi connectivity index (χ4n) is 3.20. The van der Waals surface area contributed by atoms with Crippen molar-refractivity contribution >= 4 is 17.2 Å². The summed E-state index contributed by atoms with van der Waals surface area (Å²) in [6, 6.07) is 9.50. The Kier molecular flexibility index (Phi) is 3.76. The highest BCUT2D eigenvalue weighted by Crippen LogP contribution is 2.26. The molecule has 1 amide bonds. The molecule has 7 heteroatoms. The first-order valence-corrected chi connectivity index (χ1v) is 8.09. The highest BCUT2D eigenvalue weighted by molar-refractivity contribution is 5.81. The average molecular weight is 339 g/mol. The Morgan fingerprint density at radius 1 is 1.32 bits per heavy atom. The minimum atomic E-state index is -0.420. The summed E-state index contributed by atoms with van der Waals surface area (Å²) >= 11 is 0. The van der Waals surface area contributed by atoms with E-state index >= 15 is 0 Å². The van der Waals surface area contributed by atoms with Crippen molar-refractivity contribution in [2.45, 2.75) is 26.5 Å². The minimum Gasteiger partial charge on any atom is -0.445 e. The van der Waals surface area contributed by atoms with E-state index in [1.54, 1.807) is 4.90 Å². The molecule has 3 heterocycles. The third kappa shape index (κ3) is 2.77. The third-order valence-corrected chi connectivity index (χ3v) is 4.47. The van der Waals surface area contributed by atoms with Crippen LogP contribution in [0.5, 0.6) is 0 Å². The second-order valence-electron chi connectivity index (χ2n) is 6.10. The van der Waals surface area contributed by atoms with Crippen LogP contribution in [0.25, 0.3) is 11.1 Å². The van der Waals surface area contributed by atoms with Gasteiger partial charge in [-0.1, -0.05) is 35.5 Å². The Bertz CT molecular complexity index is 991. The van der Waals surface area contributed by atoms with Gasteiger partial charge in [0.05, 0.1) is 17.6 Å². The molecule has 128 valence electrons. The first kappa shape index (κ1) is 15.4. The lowest BCUT2D eigenvalue weighted by Crippen LogP contribution is -2.39. The van der Waals surface area contributed by atoms with Crippen LogP contribution in [0.15, 0.2) is 39.6 Å². The van der Waals surface area contributed by atoms with Gasteiger partial charge in [-0.2, -0.15) is 0 Å². The number of H-pyrrole nitrogens is 1. The van der Waals surface area contributed by atoms with Gasteiger partial charge in [0.1, 0.15) is 6.61 Å². The fraction of sp³-hybridized carbons (Fsp3) is 0.278. The number of aryl methyl sites for hydroxylation is 1. The Hall–Kier alpha value is -3.09. The van der Waals surface area contributed by atoms with Crippen molar-refractivity contribution in [2.24, 2.45) is 0 Å². The lowest BCUT2D eigenvalue weighted by Gasteiger charge is -2.27. The van der Waals surface area contributed by atoms with Crippen molar-refractivity contribution in [1.82, 2.24) is 15.0 Å². The molecular formula is C18H17N3O4. The van der Waals surface area contributed by atoms with Gasteiger partial charge < -0.3 is 14.2 Å². The summed E-state index contributed by atoms with van der Waals surface area (Å²) in [6.07, 6.45) is 0.147. The van der Waals surface area contributed by atoms with Gasteiger partial charge in [-0.15, -0.1) is 0 Å². The molecule has 0 unspecified atom stereocenters. The van der Waals surface area contributed by atoms with E-state index in [1.165, 1.54) is 0 Å². The van der Waals surface area contributed by atoms with Crippen LogP contribution in [0, 0.1) is 6.92 Å². The maximum atomic E-state index is 12.3. The second kappa shape index (κ2) is 6.08. The number of ether oxygens (including phenoxy) is 1. The molecule has 0 bridgehead atoms. The van der Waals surface area contributed by atoms with Crippen LogP contribution < -0.4 is 5.56 Å². The number of pyridine rings is 1. The van der Waals surface area contributed by atoms with Crippen molar-refractivity contribution < 1.29 is 14.1 Å². The van der Waals surface area contributed by atoms with E-state index in [9.17, 15) is 9.59 Å². The van der Waals surface area contributed by atoms with Crippen LogP contribution in [-0.4, -0.2) is 27.7 Å². The van der Waals surface area contributed by atoms with Crippen molar-refractivity contribution in [3.63, 3.8) is 0 Å². The molecule has 0 saturated carbocycles. The molecule has 4 rings (SSSR count). The predicted octanol–water partition coefficient (Wildman–Crippen LogP) is 2.52. The molecule has 1 N–H and O–H groups in total. The van der Waals surface area contributed by atoms with Crippen molar-refractivity contribution in [3.05, 3.63) is 63.1 Å². The molecule has 0 radical (unpaired) electrons. The molecule has 0 fully saturated rings. The zero-order valence-electron chi connectivity index (χ0n) is 13.7. The van der Waals surface area contributed by atoms with Crippen LogP contribution >= 0.6 is 0 Å². The fourth-order valence-corrected chi connectivity index (χ4v) is 3.20. The Balaban J connectivity index is 1.54. The van der Waals surface area contributed by atoms with E-state index in [1.807, 2.05) is 37.3 Å². The molecule has 0 atom stereocenters. The molecule has 0 aliphatic carbocycles. The van der Waals surface area contributed by atoms with Gasteiger partial charge in [-0.05, 0) is 24.5 Å². The summed E-state index contributed by atoms with van der Waals surface area (Å²) in [6.45, 7) is 2.76. The normalized spacial score (nSPS) is 13.7. The zero-order chi connectivity index (χ0) is 17.4. The number of amides is 1. The first-order valence-electron chi connectivity index (χ1n) is 8.09. The quantitative estimate of drug-likeness (QED) is 0.775. The van der Waals surface area contributed by atoms with Gasteiger partial charge in [0.15, 0.2) is 0 Å². The van der Waals surface area contributed by atoms with E-state index < -0.39 is 6.09 Å². The maximum absolute atomic E-state index is 12.3. The lowest BCUT2D eigenvalue weighted by molar-refractivity contribution is 0.0917. The van der Waals surface area contributed by atoms with E-state index in [0.717, 1.165) is 22.2 Å². The Morgan fingerprint density at radius 3 is 2.92 bits per heavy atom. The van der Waals surface area contributed by atoms with Gasteiger partial charge in [-0.25, -0.2) is 4.79 Å². The van der Waals surface area contributed by atoms with Crippen molar-refractivity contribution in [3.8, 4) is 0 Å². The predicted molar refractivity (Wildman–Crippen MR) is 90.1 cm³/mol. The van der Waals surface area contributed by atoms with Gasteiger partial charge in [0, 0.05) is 12.1 Å². The summed E-state index contributed by atoms with van der Waals surface area (Å²) in [5.74, 6) is 0. The molecule has 7 nitrogen and oxygen atoms in total. The standard InChI is InChI=1S/C18H17N3O4/c1-11-15-13-7-8-21(9-14(13)16(22)19-17(15)25-20-11)18(23)24-10-12-5-3-2-4-6-12/h2-6H,7-10H2,1H3,(H,19,22). The number of aromatic nitrogens is 2. The van der Waals surface area contributed by atoms with Gasteiger partial charge >= 0.3 is 6.09 Å². The molecule has 1 aromatic carbocycles. The van der Waals surface area contributed by atoms with Gasteiger partial charge in [0.2, 0.25) is 5.71 Å². The summed E-state index contributed by atoms with van der Waals surface area (Å²) < 4.78 is 10.5. The van der Waals surface area contributed by atoms with E-state index in [4.69, 9.17) is 9.26 Å². The minimum absolute atomic E-state index is 0.211. The molecule has 3 aromatic rings. The average Bonchev–Trinajstić information content (AvgIpc) is 3.01. The number of rotatable bonds is 2. The van der Waals surface area contributed by atoms with E-state index in [2.05, 4.69) is 10.1 Å². The number of aromatic amines is 1. The number of hydrogen-bond acceptors (Lipinski definition) is 5. The number of carbonyl (C=O) groups excluding carboxylic acids is 1. The van der Waals surface area contributed by atoms with Crippen LogP contribution in [0.2, 0.25) is 0 Å². The monoisotopic (exact) mass is 339 g/mol. The summed E-state index contributed by atoms with van der Waals surface area (Å²) in [7, 11) is 0. The van der Waals surface area contributed by atoms with E-state index in [-0.39, 0.29) is 18.7 Å². The summed E-state index contributed by atoms with van der Waals surface area (Å²) in [4.78, 5) is 28.9. The largest absolute Gasteiger partial charge is 0.445 e. The summed E-state index contributed by atoms with van der Waals surface area (Å²) in [5, 5.41) is 4.75. The van der Waals surface area contributed by atoms with Crippen molar-refractivity contribution in [2.75, 3.05) is 6.54 Å². The molecule has 2 aromatic heterocycles. The number of nitrogens with one attached hydrogen (secondary N) is 1. The highest BCUT2D eigenvalue weighted by atomic mass is 16.6. The smallest absolute Gasteiger partial charge is 0.410 e. The Labute approximate surface area is 143 Å². The van der Waals surface area contributed by atoms with Crippen LogP contribution in [-0.2, 0) is 24.3 Å².